The Hall–Kier alpha value is -1.84. The first kappa shape index (κ1) is 16.5. The number of urea groups is 1. The summed E-state index contributed by atoms with van der Waals surface area (Å²) in [5, 5.41) is 2.88. The highest BCUT2D eigenvalue weighted by molar-refractivity contribution is 6.06. The van der Waals surface area contributed by atoms with Gasteiger partial charge in [0.05, 0.1) is 6.54 Å². The second kappa shape index (κ2) is 7.43. The lowest BCUT2D eigenvalue weighted by atomic mass is 9.94. The summed E-state index contributed by atoms with van der Waals surface area (Å²) in [6.07, 6.45) is 6.44. The van der Waals surface area contributed by atoms with Crippen LogP contribution in [-0.4, -0.2) is 22.4 Å². The van der Waals surface area contributed by atoms with Crippen LogP contribution in [-0.2, 0) is 11.3 Å². The number of amides is 3. The number of hydrogen-bond acceptors (Lipinski definition) is 2. The zero-order chi connectivity index (χ0) is 16.0. The van der Waals surface area contributed by atoms with Gasteiger partial charge in [0.15, 0.2) is 0 Å². The van der Waals surface area contributed by atoms with Gasteiger partial charge in [-0.3, -0.25) is 9.69 Å². The molecule has 0 aromatic heterocycles. The Kier molecular flexibility index (Phi) is 5.58. The van der Waals surface area contributed by atoms with Crippen molar-refractivity contribution in [1.82, 2.24) is 10.2 Å². The van der Waals surface area contributed by atoms with Gasteiger partial charge in [-0.15, -0.1) is 0 Å². The summed E-state index contributed by atoms with van der Waals surface area (Å²) in [6, 6.07) is 9.35. The van der Waals surface area contributed by atoms with Crippen molar-refractivity contribution in [3.63, 3.8) is 0 Å². The van der Waals surface area contributed by atoms with E-state index in [0.29, 0.717) is 13.0 Å². The van der Waals surface area contributed by atoms with Crippen molar-refractivity contribution in [3.8, 4) is 0 Å². The van der Waals surface area contributed by atoms with Crippen LogP contribution in [0.4, 0.5) is 4.79 Å². The smallest absolute Gasteiger partial charge is 0.323 e. The number of imide groups is 1. The maximum atomic E-state index is 12.6. The highest BCUT2D eigenvalue weighted by atomic mass is 16.2. The fourth-order valence-corrected chi connectivity index (χ4v) is 2.91. The zero-order valence-corrected chi connectivity index (χ0v) is 13.6. The summed E-state index contributed by atoms with van der Waals surface area (Å²) in [6.45, 7) is 4.37. The fraction of sp³-hybridized carbons (Fsp3) is 0.556. The van der Waals surface area contributed by atoms with Crippen molar-refractivity contribution >= 4 is 11.9 Å². The van der Waals surface area contributed by atoms with Gasteiger partial charge in [-0.1, -0.05) is 69.4 Å². The molecule has 1 aromatic rings. The van der Waals surface area contributed by atoms with Gasteiger partial charge in [-0.05, 0) is 18.9 Å². The molecule has 0 spiro atoms. The molecule has 1 atom stereocenters. The van der Waals surface area contributed by atoms with E-state index in [0.717, 1.165) is 18.4 Å². The van der Waals surface area contributed by atoms with Gasteiger partial charge in [0.2, 0.25) is 0 Å². The molecule has 1 aliphatic rings. The SMILES string of the molecule is CCCCCCCC1(C)NC(=O)N(Cc2ccccc2)C1=O. The Bertz CT molecular complexity index is 515. The van der Waals surface area contributed by atoms with Gasteiger partial charge in [0.25, 0.3) is 5.91 Å². The average molecular weight is 302 g/mol. The van der Waals surface area contributed by atoms with E-state index in [1.165, 1.54) is 24.2 Å². The highest BCUT2D eigenvalue weighted by Crippen LogP contribution is 2.25. The molecule has 120 valence electrons. The van der Waals surface area contributed by atoms with E-state index in [1.807, 2.05) is 37.3 Å². The number of hydrogen-bond donors (Lipinski definition) is 1. The molecule has 1 aromatic carbocycles. The third-order valence-corrected chi connectivity index (χ3v) is 4.31. The van der Waals surface area contributed by atoms with E-state index in [2.05, 4.69) is 12.2 Å². The van der Waals surface area contributed by atoms with Crippen LogP contribution in [0, 0.1) is 0 Å². The molecule has 1 fully saturated rings. The minimum absolute atomic E-state index is 0.100. The van der Waals surface area contributed by atoms with Crippen molar-refractivity contribution in [3.05, 3.63) is 35.9 Å². The van der Waals surface area contributed by atoms with Gasteiger partial charge < -0.3 is 5.32 Å². The van der Waals surface area contributed by atoms with E-state index < -0.39 is 5.54 Å². The lowest BCUT2D eigenvalue weighted by Gasteiger charge is -2.21. The molecule has 1 N–H and O–H groups in total. The number of nitrogens with zero attached hydrogens (tertiary/aromatic N) is 1. The topological polar surface area (TPSA) is 49.4 Å². The van der Waals surface area contributed by atoms with E-state index >= 15 is 0 Å². The first-order chi connectivity index (χ1) is 10.6. The first-order valence-corrected chi connectivity index (χ1v) is 8.25. The van der Waals surface area contributed by atoms with Crippen molar-refractivity contribution in [2.24, 2.45) is 0 Å². The van der Waals surface area contributed by atoms with Crippen molar-refractivity contribution < 1.29 is 9.59 Å². The Balaban J connectivity index is 1.92. The number of carbonyl (C=O) groups excluding carboxylic acids is 2. The standard InChI is InChI=1S/C18H26N2O2/c1-3-4-5-6-10-13-18(2)16(21)20(17(22)19-18)14-15-11-8-7-9-12-15/h7-9,11-12H,3-6,10,13-14H2,1-2H3,(H,19,22). The molecule has 0 bridgehead atoms. The Morgan fingerprint density at radius 1 is 1.05 bits per heavy atom. The summed E-state index contributed by atoms with van der Waals surface area (Å²) in [4.78, 5) is 26.1. The van der Waals surface area contributed by atoms with Crippen LogP contribution in [0.25, 0.3) is 0 Å². The van der Waals surface area contributed by atoms with E-state index in [1.54, 1.807) is 0 Å². The van der Waals surface area contributed by atoms with Gasteiger partial charge in [0, 0.05) is 0 Å². The number of benzene rings is 1. The van der Waals surface area contributed by atoms with Crippen LogP contribution in [0.3, 0.4) is 0 Å². The summed E-state index contributed by atoms with van der Waals surface area (Å²) in [5.41, 5.74) is 0.233. The summed E-state index contributed by atoms with van der Waals surface area (Å²) in [5.74, 6) is -0.100. The van der Waals surface area contributed by atoms with E-state index in [9.17, 15) is 9.59 Å². The molecule has 4 nitrogen and oxygen atoms in total. The minimum Gasteiger partial charge on any atom is -0.323 e. The Morgan fingerprint density at radius 3 is 2.41 bits per heavy atom. The number of rotatable bonds is 8. The lowest BCUT2D eigenvalue weighted by molar-refractivity contribution is -0.131. The molecular formula is C18H26N2O2. The number of carbonyl (C=O) groups is 2. The summed E-state index contributed by atoms with van der Waals surface area (Å²) < 4.78 is 0. The third-order valence-electron chi connectivity index (χ3n) is 4.31. The maximum absolute atomic E-state index is 12.6. The van der Waals surface area contributed by atoms with Crippen LogP contribution in [0.15, 0.2) is 30.3 Å². The predicted octanol–water partition coefficient (Wildman–Crippen LogP) is 3.86. The van der Waals surface area contributed by atoms with Crippen molar-refractivity contribution in [1.29, 1.82) is 0 Å². The average Bonchev–Trinajstić information content (AvgIpc) is 2.72. The molecular weight excluding hydrogens is 276 g/mol. The van der Waals surface area contributed by atoms with Crippen molar-refractivity contribution in [2.75, 3.05) is 0 Å². The largest absolute Gasteiger partial charge is 0.325 e. The van der Waals surface area contributed by atoms with Crippen LogP contribution in [0.1, 0.15) is 57.9 Å². The molecule has 22 heavy (non-hydrogen) atoms. The van der Waals surface area contributed by atoms with E-state index in [-0.39, 0.29) is 11.9 Å². The fourth-order valence-electron chi connectivity index (χ4n) is 2.91. The minimum atomic E-state index is -0.738. The lowest BCUT2D eigenvalue weighted by Crippen LogP contribution is -2.43. The summed E-state index contributed by atoms with van der Waals surface area (Å²) in [7, 11) is 0. The third kappa shape index (κ3) is 3.87. The first-order valence-electron chi connectivity index (χ1n) is 8.25. The Morgan fingerprint density at radius 2 is 1.73 bits per heavy atom. The van der Waals surface area contributed by atoms with Crippen molar-refractivity contribution in [2.45, 2.75) is 64.5 Å². The molecule has 4 heteroatoms. The monoisotopic (exact) mass is 302 g/mol. The van der Waals surface area contributed by atoms with Gasteiger partial charge in [-0.25, -0.2) is 4.79 Å². The van der Waals surface area contributed by atoms with E-state index in [4.69, 9.17) is 0 Å². The molecule has 3 amide bonds. The molecule has 2 rings (SSSR count). The Labute approximate surface area is 132 Å². The highest BCUT2D eigenvalue weighted by Gasteiger charge is 2.46. The number of nitrogens with one attached hydrogen (secondary N) is 1. The molecule has 1 unspecified atom stereocenters. The van der Waals surface area contributed by atoms with Crippen LogP contribution >= 0.6 is 0 Å². The molecule has 0 radical (unpaired) electrons. The predicted molar refractivity (Wildman–Crippen MR) is 87.3 cm³/mol. The second-order valence-corrected chi connectivity index (χ2v) is 6.30. The normalized spacial score (nSPS) is 21.3. The quantitative estimate of drug-likeness (QED) is 0.585. The molecule has 0 aliphatic carbocycles. The maximum Gasteiger partial charge on any atom is 0.325 e. The molecule has 1 saturated heterocycles. The van der Waals surface area contributed by atoms with Crippen LogP contribution in [0.5, 0.6) is 0 Å². The van der Waals surface area contributed by atoms with Gasteiger partial charge >= 0.3 is 6.03 Å². The number of unbranched alkanes of at least 4 members (excludes halogenated alkanes) is 4. The zero-order valence-electron chi connectivity index (χ0n) is 13.6. The molecule has 1 heterocycles. The van der Waals surface area contributed by atoms with Gasteiger partial charge in [0.1, 0.15) is 5.54 Å². The van der Waals surface area contributed by atoms with Crippen LogP contribution < -0.4 is 5.32 Å². The second-order valence-electron chi connectivity index (χ2n) is 6.30. The molecule has 0 saturated carbocycles. The molecule has 1 aliphatic heterocycles. The van der Waals surface area contributed by atoms with Gasteiger partial charge in [-0.2, -0.15) is 0 Å². The van der Waals surface area contributed by atoms with Crippen LogP contribution in [0.2, 0.25) is 0 Å². The summed E-state index contributed by atoms with van der Waals surface area (Å²) >= 11 is 0.